The van der Waals surface area contributed by atoms with E-state index in [1.807, 2.05) is 0 Å². The van der Waals surface area contributed by atoms with Crippen LogP contribution < -0.4 is 0 Å². The van der Waals surface area contributed by atoms with Crippen molar-refractivity contribution in [3.63, 3.8) is 0 Å². The zero-order valence-electron chi connectivity index (χ0n) is 7.85. The zero-order valence-corrected chi connectivity index (χ0v) is 8.66. The molecule has 0 aromatic rings. The van der Waals surface area contributed by atoms with Crippen LogP contribution in [0.15, 0.2) is 0 Å². The maximum absolute atomic E-state index is 11.4. The smallest absolute Gasteiger partial charge is 0.307 e. The molecule has 5 heteroatoms. The van der Waals surface area contributed by atoms with E-state index in [0.717, 1.165) is 19.3 Å². The lowest BCUT2D eigenvalue weighted by Crippen LogP contribution is -2.46. The molecule has 1 aliphatic carbocycles. The van der Waals surface area contributed by atoms with Gasteiger partial charge >= 0.3 is 5.97 Å². The predicted octanol–water partition coefficient (Wildman–Crippen LogP) is 0.532. The van der Waals surface area contributed by atoms with Gasteiger partial charge in [-0.15, -0.1) is 0 Å². The number of hydrogen-bond acceptors (Lipinski definition) is 3. The summed E-state index contributed by atoms with van der Waals surface area (Å²) in [5.41, 5.74) is 0. The number of carboxylic acids is 1. The van der Waals surface area contributed by atoms with Gasteiger partial charge in [0.15, 0.2) is 9.84 Å². The van der Waals surface area contributed by atoms with E-state index >= 15 is 0 Å². The second kappa shape index (κ2) is 3.22. The van der Waals surface area contributed by atoms with E-state index in [0.29, 0.717) is 0 Å². The molecule has 0 aromatic carbocycles. The fourth-order valence-corrected chi connectivity index (χ4v) is 5.07. The second-order valence-corrected chi connectivity index (χ2v) is 6.55. The second-order valence-electron chi connectivity index (χ2n) is 4.39. The molecule has 2 unspecified atom stereocenters. The molecule has 80 valence electrons. The summed E-state index contributed by atoms with van der Waals surface area (Å²) in [6.45, 7) is 0. The van der Waals surface area contributed by atoms with Crippen LogP contribution in [0.3, 0.4) is 0 Å². The Balaban J connectivity index is 2.28. The first-order chi connectivity index (χ1) is 6.49. The number of carboxylic acid groups (broad SMARTS) is 1. The Bertz CT molecular complexity index is 326. The topological polar surface area (TPSA) is 71.4 Å². The van der Waals surface area contributed by atoms with E-state index in [1.165, 1.54) is 0 Å². The highest BCUT2D eigenvalue weighted by atomic mass is 32.2. The van der Waals surface area contributed by atoms with Crippen molar-refractivity contribution < 1.29 is 18.3 Å². The fraction of sp³-hybridized carbons (Fsp3) is 0.889. The molecule has 4 nitrogen and oxygen atoms in total. The number of carbonyl (C=O) groups is 1. The van der Waals surface area contributed by atoms with E-state index in [2.05, 4.69) is 0 Å². The number of fused-ring (bicyclic) bond motifs is 2. The van der Waals surface area contributed by atoms with Crippen LogP contribution in [0, 0.1) is 17.8 Å². The average Bonchev–Trinajstić information content (AvgIpc) is 1.99. The Kier molecular flexibility index (Phi) is 2.29. The molecule has 1 aliphatic heterocycles. The standard InChI is InChI=1S/C9H14O4S/c10-9(11)8-6-2-1-3-7(8)5-14(12,13)4-6/h6-8H,1-5H2,(H,10,11). The van der Waals surface area contributed by atoms with E-state index in [1.54, 1.807) is 0 Å². The SMILES string of the molecule is O=C(O)C1C2CCCC1CS(=O)(=O)C2. The van der Waals surface area contributed by atoms with Crippen LogP contribution in [0.25, 0.3) is 0 Å². The molecule has 0 spiro atoms. The quantitative estimate of drug-likeness (QED) is 0.697. The minimum absolute atomic E-state index is 0.0838. The van der Waals surface area contributed by atoms with Gasteiger partial charge in [-0.25, -0.2) is 8.42 Å². The lowest BCUT2D eigenvalue weighted by Gasteiger charge is -2.39. The van der Waals surface area contributed by atoms with Gasteiger partial charge in [-0.2, -0.15) is 0 Å². The molecule has 0 radical (unpaired) electrons. The lowest BCUT2D eigenvalue weighted by atomic mass is 9.73. The normalized spacial score (nSPS) is 40.4. The first kappa shape index (κ1) is 9.96. The molecule has 1 N–H and O–H groups in total. The van der Waals surface area contributed by atoms with E-state index in [-0.39, 0.29) is 23.3 Å². The lowest BCUT2D eigenvalue weighted by molar-refractivity contribution is -0.146. The molecule has 2 bridgehead atoms. The van der Waals surface area contributed by atoms with E-state index in [9.17, 15) is 13.2 Å². The third kappa shape index (κ3) is 1.65. The molecule has 0 amide bonds. The Morgan fingerprint density at radius 1 is 1.14 bits per heavy atom. The van der Waals surface area contributed by atoms with Crippen molar-refractivity contribution in [2.24, 2.45) is 17.8 Å². The third-order valence-electron chi connectivity index (χ3n) is 3.39. The summed E-state index contributed by atoms with van der Waals surface area (Å²) in [6.07, 6.45) is 2.49. The van der Waals surface area contributed by atoms with Crippen LogP contribution in [-0.2, 0) is 14.6 Å². The van der Waals surface area contributed by atoms with Gasteiger partial charge in [0.05, 0.1) is 17.4 Å². The van der Waals surface area contributed by atoms with Gasteiger partial charge in [-0.3, -0.25) is 4.79 Å². The molecule has 2 rings (SSSR count). The fourth-order valence-electron chi connectivity index (χ4n) is 2.88. The summed E-state index contributed by atoms with van der Waals surface area (Å²) in [5, 5.41) is 9.02. The van der Waals surface area contributed by atoms with Gasteiger partial charge in [0.2, 0.25) is 0 Å². The van der Waals surface area contributed by atoms with Gasteiger partial charge in [-0.1, -0.05) is 6.42 Å². The molecule has 1 heterocycles. The van der Waals surface area contributed by atoms with E-state index in [4.69, 9.17) is 5.11 Å². The molecular formula is C9H14O4S. The van der Waals surface area contributed by atoms with Gasteiger partial charge in [0, 0.05) is 0 Å². The van der Waals surface area contributed by atoms with E-state index < -0.39 is 21.7 Å². The van der Waals surface area contributed by atoms with Crippen LogP contribution in [0.2, 0.25) is 0 Å². The van der Waals surface area contributed by atoms with Crippen molar-refractivity contribution in [3.8, 4) is 0 Å². The number of hydrogen-bond donors (Lipinski definition) is 1. The summed E-state index contributed by atoms with van der Waals surface area (Å²) in [4.78, 5) is 11.0. The minimum atomic E-state index is -2.97. The van der Waals surface area contributed by atoms with Crippen molar-refractivity contribution in [1.29, 1.82) is 0 Å². The Morgan fingerprint density at radius 3 is 2.07 bits per heavy atom. The van der Waals surface area contributed by atoms with Crippen LogP contribution in [-0.4, -0.2) is 31.0 Å². The summed E-state index contributed by atoms with van der Waals surface area (Å²) in [7, 11) is -2.97. The Labute approximate surface area is 83.2 Å². The van der Waals surface area contributed by atoms with Crippen LogP contribution in [0.4, 0.5) is 0 Å². The number of rotatable bonds is 1. The Hall–Kier alpha value is -0.580. The van der Waals surface area contributed by atoms with Crippen molar-refractivity contribution in [2.45, 2.75) is 19.3 Å². The first-order valence-electron chi connectivity index (χ1n) is 4.93. The third-order valence-corrected chi connectivity index (χ3v) is 5.26. The van der Waals surface area contributed by atoms with Crippen LogP contribution in [0.1, 0.15) is 19.3 Å². The average molecular weight is 218 g/mol. The van der Waals surface area contributed by atoms with Gasteiger partial charge < -0.3 is 5.11 Å². The molecular weight excluding hydrogens is 204 g/mol. The van der Waals surface area contributed by atoms with Gasteiger partial charge in [-0.05, 0) is 24.7 Å². The van der Waals surface area contributed by atoms with Crippen molar-refractivity contribution >= 4 is 15.8 Å². The number of aliphatic carboxylic acids is 1. The minimum Gasteiger partial charge on any atom is -0.481 e. The van der Waals surface area contributed by atoms with Crippen LogP contribution in [0.5, 0.6) is 0 Å². The predicted molar refractivity (Wildman–Crippen MR) is 50.6 cm³/mol. The molecule has 2 atom stereocenters. The number of sulfone groups is 1. The molecule has 2 aliphatic rings. The van der Waals surface area contributed by atoms with Crippen molar-refractivity contribution in [2.75, 3.05) is 11.5 Å². The summed E-state index contributed by atoms with van der Waals surface area (Å²) in [6, 6.07) is 0. The summed E-state index contributed by atoms with van der Waals surface area (Å²) < 4.78 is 22.9. The Morgan fingerprint density at radius 2 is 1.64 bits per heavy atom. The van der Waals surface area contributed by atoms with Crippen LogP contribution >= 0.6 is 0 Å². The highest BCUT2D eigenvalue weighted by Crippen LogP contribution is 2.40. The van der Waals surface area contributed by atoms with Crippen molar-refractivity contribution in [3.05, 3.63) is 0 Å². The highest BCUT2D eigenvalue weighted by molar-refractivity contribution is 7.91. The molecule has 2 fully saturated rings. The molecule has 14 heavy (non-hydrogen) atoms. The van der Waals surface area contributed by atoms with Gasteiger partial charge in [0.1, 0.15) is 0 Å². The maximum Gasteiger partial charge on any atom is 0.307 e. The summed E-state index contributed by atoms with van der Waals surface area (Å²) in [5.74, 6) is -1.32. The first-order valence-corrected chi connectivity index (χ1v) is 6.75. The molecule has 1 saturated carbocycles. The molecule has 0 aromatic heterocycles. The highest BCUT2D eigenvalue weighted by Gasteiger charge is 2.46. The summed E-state index contributed by atoms with van der Waals surface area (Å²) >= 11 is 0. The van der Waals surface area contributed by atoms with Crippen molar-refractivity contribution in [1.82, 2.24) is 0 Å². The largest absolute Gasteiger partial charge is 0.481 e. The monoisotopic (exact) mass is 218 g/mol. The van der Waals surface area contributed by atoms with Gasteiger partial charge in [0.25, 0.3) is 0 Å². The molecule has 1 saturated heterocycles. The maximum atomic E-state index is 11.4. The zero-order chi connectivity index (χ0) is 10.3.